The van der Waals surface area contributed by atoms with Crippen LogP contribution in [0.2, 0.25) is 0 Å². The highest BCUT2D eigenvalue weighted by Crippen LogP contribution is 2.15. The summed E-state index contributed by atoms with van der Waals surface area (Å²) >= 11 is 2.16. The molecule has 0 fully saturated rings. The summed E-state index contributed by atoms with van der Waals surface area (Å²) in [5.41, 5.74) is 0.627. The molecule has 0 aliphatic heterocycles. The van der Waals surface area contributed by atoms with Gasteiger partial charge in [-0.2, -0.15) is 17.8 Å². The van der Waals surface area contributed by atoms with Gasteiger partial charge in [-0.15, -0.1) is 0 Å². The van der Waals surface area contributed by atoms with Gasteiger partial charge in [-0.3, -0.25) is 13.8 Å². The lowest BCUT2D eigenvalue weighted by Crippen LogP contribution is -2.11. The number of aliphatic hydroxyl groups is 1. The van der Waals surface area contributed by atoms with Crippen molar-refractivity contribution < 1.29 is 37.1 Å². The monoisotopic (exact) mass is 568 g/mol. The Balaban J connectivity index is 0.000000369. The Kier molecular flexibility index (Phi) is 12.7. The summed E-state index contributed by atoms with van der Waals surface area (Å²) in [4.78, 5) is 41.3. The van der Waals surface area contributed by atoms with Crippen LogP contribution in [0.15, 0.2) is 12.1 Å². The quantitative estimate of drug-likeness (QED) is 0.215. The number of hydrogen-bond acceptors (Lipinski definition) is 14. The van der Waals surface area contributed by atoms with Gasteiger partial charge in [0.25, 0.3) is 10.1 Å². The van der Waals surface area contributed by atoms with E-state index < -0.39 is 25.8 Å². The molecular weight excluding hydrogens is 544 g/mol. The van der Waals surface area contributed by atoms with E-state index in [-0.39, 0.29) is 41.5 Å². The van der Waals surface area contributed by atoms with Crippen molar-refractivity contribution in [2.24, 2.45) is 0 Å². The molecule has 200 valence electrons. The molecule has 0 atom stereocenters. The minimum absolute atomic E-state index is 0.0211. The number of carbonyl (C=O) groups is 2. The van der Waals surface area contributed by atoms with Crippen LogP contribution in [0.1, 0.15) is 25.2 Å². The van der Waals surface area contributed by atoms with E-state index in [1.165, 1.54) is 29.3 Å². The van der Waals surface area contributed by atoms with Gasteiger partial charge in [-0.25, -0.2) is 0 Å². The maximum atomic E-state index is 10.9. The molecule has 0 unspecified atom stereocenters. The molecule has 0 spiro atoms. The highest BCUT2D eigenvalue weighted by atomic mass is 32.2. The fourth-order valence-corrected chi connectivity index (χ4v) is 3.85. The van der Waals surface area contributed by atoms with Gasteiger partial charge in [-0.05, 0) is 9.85 Å². The number of aryl methyl sites for hydroxylation is 2. The second kappa shape index (κ2) is 14.6. The van der Waals surface area contributed by atoms with Crippen molar-refractivity contribution >= 4 is 55.5 Å². The van der Waals surface area contributed by atoms with Gasteiger partial charge in [0.1, 0.15) is 6.61 Å². The maximum Gasteiger partial charge on any atom is 0.390 e. The summed E-state index contributed by atoms with van der Waals surface area (Å²) in [7, 11) is -3.65. The van der Waals surface area contributed by atoms with Crippen molar-refractivity contribution in [1.82, 2.24) is 19.6 Å². The average molecular weight is 569 g/mol. The van der Waals surface area contributed by atoms with Crippen LogP contribution in [-0.4, -0.2) is 70.9 Å². The second-order valence-corrected chi connectivity index (χ2v) is 10.9. The average Bonchev–Trinajstić information content (AvgIpc) is 3.36. The molecule has 19 heteroatoms. The van der Waals surface area contributed by atoms with Crippen LogP contribution in [0.25, 0.3) is 0 Å². The van der Waals surface area contributed by atoms with Crippen LogP contribution < -0.4 is 0 Å². The third-order valence-corrected chi connectivity index (χ3v) is 6.01. The van der Waals surface area contributed by atoms with E-state index in [0.717, 1.165) is 35.8 Å². The third-order valence-electron chi connectivity index (χ3n) is 3.87. The Hall–Kier alpha value is -2.87. The number of carbonyl (C=O) groups excluding carboxylic acids is 2. The largest absolute Gasteiger partial charge is 0.390 e. The summed E-state index contributed by atoms with van der Waals surface area (Å²) in [5.74, 6) is 0.156. The Morgan fingerprint density at radius 2 is 1.39 bits per heavy atom. The van der Waals surface area contributed by atoms with Gasteiger partial charge in [-0.1, -0.05) is 23.5 Å². The van der Waals surface area contributed by atoms with Crippen molar-refractivity contribution in [3.05, 3.63) is 43.7 Å². The topological polar surface area (TPSA) is 220 Å². The zero-order valence-corrected chi connectivity index (χ0v) is 21.9. The zero-order chi connectivity index (χ0) is 27.5. The minimum Gasteiger partial charge on any atom is -0.390 e. The van der Waals surface area contributed by atoms with Gasteiger partial charge in [0.05, 0.1) is 59.7 Å². The summed E-state index contributed by atoms with van der Waals surface area (Å²) in [6.07, 6.45) is 0.883. The first kappa shape index (κ1) is 31.2. The SMILES string of the molecule is CC(=O)SCCn1nc([N+](=O)[O-])cc1CO.CC(=O)SCCn1nc([N+](=O)[O-])cc1COS(C)(=O)=O. The molecule has 16 nitrogen and oxygen atoms in total. The number of aliphatic hydroxyl groups excluding tert-OH is 1. The van der Waals surface area contributed by atoms with Gasteiger partial charge in [0.15, 0.2) is 10.2 Å². The highest BCUT2D eigenvalue weighted by Gasteiger charge is 2.20. The van der Waals surface area contributed by atoms with Crippen LogP contribution in [-0.2, 0) is 50.2 Å². The summed E-state index contributed by atoms with van der Waals surface area (Å²) in [5, 5.41) is 37.4. The van der Waals surface area contributed by atoms with Gasteiger partial charge < -0.3 is 25.3 Å². The van der Waals surface area contributed by atoms with Crippen LogP contribution in [0.5, 0.6) is 0 Å². The van der Waals surface area contributed by atoms with Crippen LogP contribution in [0, 0.1) is 20.2 Å². The maximum absolute atomic E-state index is 10.9. The number of hydrogen-bond donors (Lipinski definition) is 1. The van der Waals surface area contributed by atoms with Crippen LogP contribution >= 0.6 is 23.5 Å². The summed E-state index contributed by atoms with van der Waals surface area (Å²) in [6, 6.07) is 2.36. The van der Waals surface area contributed by atoms with Crippen molar-refractivity contribution in [3.63, 3.8) is 0 Å². The highest BCUT2D eigenvalue weighted by molar-refractivity contribution is 8.13. The molecule has 0 amide bonds. The number of nitro groups is 2. The van der Waals surface area contributed by atoms with E-state index in [0.29, 0.717) is 23.7 Å². The molecule has 1 N–H and O–H groups in total. The van der Waals surface area contributed by atoms with Crippen molar-refractivity contribution in [3.8, 4) is 0 Å². The third kappa shape index (κ3) is 11.7. The van der Waals surface area contributed by atoms with E-state index in [9.17, 15) is 38.2 Å². The first-order chi connectivity index (χ1) is 16.7. The first-order valence-corrected chi connectivity index (χ1v) is 13.7. The van der Waals surface area contributed by atoms with Crippen molar-refractivity contribution in [2.45, 2.75) is 40.2 Å². The molecule has 0 saturated heterocycles. The fourth-order valence-electron chi connectivity index (χ4n) is 2.41. The predicted molar refractivity (Wildman–Crippen MR) is 130 cm³/mol. The standard InChI is InChI=1S/C9H13N3O6S2.C8H11N3O4S/c1-7(13)19-4-3-11-8(6-18-20(2,16)17)5-9(10-11)12(14)15;1-6(13)16-3-2-10-7(5-12)4-8(9-10)11(14)15/h5H,3-4,6H2,1-2H3;4,12H,2-3,5H2,1H3. The number of thioether (sulfide) groups is 2. The first-order valence-electron chi connectivity index (χ1n) is 9.87. The van der Waals surface area contributed by atoms with E-state index in [1.807, 2.05) is 0 Å². The van der Waals surface area contributed by atoms with Gasteiger partial charge in [0, 0.05) is 25.4 Å². The molecule has 2 heterocycles. The summed E-state index contributed by atoms with van der Waals surface area (Å²) < 4.78 is 29.0. The summed E-state index contributed by atoms with van der Waals surface area (Å²) in [6.45, 7) is 2.79. The molecular formula is C17H24N6O10S3. The molecule has 0 saturated carbocycles. The Labute approximate surface area is 213 Å². The smallest absolute Gasteiger partial charge is 0.390 e. The molecule has 0 aliphatic rings. The number of rotatable bonds is 12. The molecule has 2 rings (SSSR count). The lowest BCUT2D eigenvalue weighted by molar-refractivity contribution is -0.390. The lowest BCUT2D eigenvalue weighted by Gasteiger charge is -2.02. The fraction of sp³-hybridized carbons (Fsp3) is 0.529. The van der Waals surface area contributed by atoms with E-state index in [4.69, 9.17) is 5.11 Å². The predicted octanol–water partition coefficient (Wildman–Crippen LogP) is 1.11. The lowest BCUT2D eigenvalue weighted by atomic mass is 10.4. The number of nitrogens with zero attached hydrogens (tertiary/aromatic N) is 6. The van der Waals surface area contributed by atoms with Crippen molar-refractivity contribution in [1.29, 1.82) is 0 Å². The molecule has 0 aromatic carbocycles. The minimum atomic E-state index is -3.65. The van der Waals surface area contributed by atoms with Crippen molar-refractivity contribution in [2.75, 3.05) is 17.8 Å². The Morgan fingerprint density at radius 3 is 1.75 bits per heavy atom. The molecule has 0 aliphatic carbocycles. The van der Waals surface area contributed by atoms with E-state index in [1.54, 1.807) is 0 Å². The molecule has 36 heavy (non-hydrogen) atoms. The van der Waals surface area contributed by atoms with Crippen LogP contribution in [0.4, 0.5) is 11.6 Å². The molecule has 0 radical (unpaired) electrons. The zero-order valence-electron chi connectivity index (χ0n) is 19.4. The van der Waals surface area contributed by atoms with Gasteiger partial charge in [0.2, 0.25) is 0 Å². The normalized spacial score (nSPS) is 11.0. The molecule has 0 bridgehead atoms. The Bertz CT molecular complexity index is 1190. The second-order valence-electron chi connectivity index (χ2n) is 6.75. The molecule has 2 aromatic heterocycles. The Morgan fingerprint density at radius 1 is 0.972 bits per heavy atom. The molecule has 2 aromatic rings. The van der Waals surface area contributed by atoms with E-state index in [2.05, 4.69) is 14.4 Å². The number of aromatic nitrogens is 4. The van der Waals surface area contributed by atoms with Crippen LogP contribution in [0.3, 0.4) is 0 Å². The van der Waals surface area contributed by atoms with Gasteiger partial charge >= 0.3 is 11.6 Å². The van der Waals surface area contributed by atoms with E-state index >= 15 is 0 Å².